The zero-order valence-electron chi connectivity index (χ0n) is 26.2. The van der Waals surface area contributed by atoms with Gasteiger partial charge in [-0.05, 0) is 46.4 Å². The fraction of sp³-hybridized carbons (Fsp3) is 0.514. The molecule has 4 aromatic rings. The average molecular weight is 550 g/mol. The number of benzene rings is 2. The quantitative estimate of drug-likeness (QED) is 0.195. The van der Waals surface area contributed by atoms with Crippen LogP contribution >= 0.6 is 0 Å². The Kier molecular flexibility index (Phi) is 5.53. The van der Waals surface area contributed by atoms with E-state index in [0.29, 0.717) is 12.5 Å². The van der Waals surface area contributed by atoms with Crippen LogP contribution in [0.2, 0.25) is 0 Å². The van der Waals surface area contributed by atoms with E-state index < -0.39 is 5.79 Å². The molecule has 0 amide bonds. The Morgan fingerprint density at radius 2 is 1.78 bits per heavy atom. The molecule has 214 valence electrons. The number of pyridine rings is 2. The van der Waals surface area contributed by atoms with E-state index in [-0.39, 0.29) is 28.2 Å². The van der Waals surface area contributed by atoms with E-state index in [2.05, 4.69) is 109 Å². The highest BCUT2D eigenvalue weighted by Crippen LogP contribution is 2.66. The molecule has 1 aliphatic heterocycles. The molecule has 2 aromatic carbocycles. The molecule has 1 saturated carbocycles. The number of hydrogen-bond donors (Lipinski definition) is 1. The second kappa shape index (κ2) is 8.39. The Hall–Kier alpha value is -2.82. The fourth-order valence-corrected chi connectivity index (χ4v) is 8.07. The standard InChI is InChI=1S/C37H45N2O2/c1-10-21(3)36(9,11-2)20-41-37(40)31-23-19-38-27-16-12-15-25-30(27)29(23)32-26(35(25,7)8)18-22-24(34(4,5)6)14-13-17-28(22)39(32)33(31)37/h12-19,21,31,33,40H,10-11,20H2,1-9H3/q+1/t21?,31?,33?,36-,37?/m0/s1. The van der Waals surface area contributed by atoms with Crippen LogP contribution in [0, 0.1) is 11.3 Å². The average Bonchev–Trinajstić information content (AvgIpc) is 3.57. The second-order valence-electron chi connectivity index (χ2n) is 15.0. The van der Waals surface area contributed by atoms with Crippen LogP contribution in [-0.4, -0.2) is 22.5 Å². The lowest BCUT2D eigenvalue weighted by atomic mass is 9.68. The molecule has 5 atom stereocenters. The van der Waals surface area contributed by atoms with Gasteiger partial charge in [-0.25, -0.2) is 0 Å². The first-order valence-corrected chi connectivity index (χ1v) is 15.6. The monoisotopic (exact) mass is 549 g/mol. The second-order valence-corrected chi connectivity index (χ2v) is 15.0. The molecular formula is C37H45N2O2+. The van der Waals surface area contributed by atoms with Crippen LogP contribution in [0.1, 0.15) is 109 Å². The lowest BCUT2D eigenvalue weighted by molar-refractivity contribution is -0.678. The first-order valence-electron chi connectivity index (χ1n) is 15.6. The van der Waals surface area contributed by atoms with E-state index in [1.807, 2.05) is 6.20 Å². The molecule has 2 aromatic heterocycles. The third-order valence-corrected chi connectivity index (χ3v) is 11.4. The van der Waals surface area contributed by atoms with E-state index in [1.165, 1.54) is 44.2 Å². The fourth-order valence-electron chi connectivity index (χ4n) is 8.07. The maximum absolute atomic E-state index is 12.5. The van der Waals surface area contributed by atoms with Crippen molar-refractivity contribution in [2.75, 3.05) is 6.61 Å². The molecule has 3 heterocycles. The number of nitrogens with zero attached hydrogens (tertiary/aromatic N) is 2. The van der Waals surface area contributed by atoms with E-state index >= 15 is 0 Å². The molecular weight excluding hydrogens is 504 g/mol. The summed E-state index contributed by atoms with van der Waals surface area (Å²) in [6.07, 6.45) is 4.13. The maximum Gasteiger partial charge on any atom is 0.244 e. The van der Waals surface area contributed by atoms with E-state index in [0.717, 1.165) is 23.9 Å². The number of ether oxygens (including phenoxy) is 1. The van der Waals surface area contributed by atoms with Crippen molar-refractivity contribution in [1.82, 2.24) is 4.98 Å². The van der Waals surface area contributed by atoms with Gasteiger partial charge in [0.2, 0.25) is 23.0 Å². The third kappa shape index (κ3) is 3.41. The molecule has 0 saturated heterocycles. The van der Waals surface area contributed by atoms with Gasteiger partial charge in [0.05, 0.1) is 23.1 Å². The highest BCUT2D eigenvalue weighted by Gasteiger charge is 2.78. The van der Waals surface area contributed by atoms with E-state index in [4.69, 9.17) is 9.72 Å². The first kappa shape index (κ1) is 27.0. The number of aliphatic hydroxyl groups is 1. The van der Waals surface area contributed by atoms with Gasteiger partial charge in [-0.2, -0.15) is 4.57 Å². The molecule has 4 unspecified atom stereocenters. The summed E-state index contributed by atoms with van der Waals surface area (Å²) in [7, 11) is 0. The van der Waals surface area contributed by atoms with Gasteiger partial charge >= 0.3 is 0 Å². The van der Waals surface area contributed by atoms with Gasteiger partial charge in [0.25, 0.3) is 0 Å². The van der Waals surface area contributed by atoms with Crippen LogP contribution in [0.25, 0.3) is 33.1 Å². The van der Waals surface area contributed by atoms with Gasteiger partial charge in [0, 0.05) is 34.2 Å². The molecule has 4 heteroatoms. The summed E-state index contributed by atoms with van der Waals surface area (Å²) in [5.74, 6) is -0.936. The van der Waals surface area contributed by atoms with Gasteiger partial charge in [-0.3, -0.25) is 4.98 Å². The molecule has 0 bridgehead atoms. The lowest BCUT2D eigenvalue weighted by Gasteiger charge is -2.35. The van der Waals surface area contributed by atoms with Crippen molar-refractivity contribution < 1.29 is 14.4 Å². The third-order valence-electron chi connectivity index (χ3n) is 11.4. The SMILES string of the molecule is CCC(C)[C@@](C)(CC)COC1(O)C2c3cnc4cccc5c4c3-c3c(cc4c(C(C)(C)C)cccc4[n+]3C21)C5(C)C. The van der Waals surface area contributed by atoms with Crippen molar-refractivity contribution in [1.29, 1.82) is 0 Å². The smallest absolute Gasteiger partial charge is 0.244 e. The van der Waals surface area contributed by atoms with Gasteiger partial charge in [0.15, 0.2) is 0 Å². The predicted molar refractivity (Wildman–Crippen MR) is 166 cm³/mol. The number of hydrogen-bond acceptors (Lipinski definition) is 3. The molecule has 2 aliphatic carbocycles. The summed E-state index contributed by atoms with van der Waals surface area (Å²) in [5.41, 5.74) is 9.52. The first-order chi connectivity index (χ1) is 19.3. The Labute approximate surface area is 244 Å². The summed E-state index contributed by atoms with van der Waals surface area (Å²) >= 11 is 0. The topological polar surface area (TPSA) is 46.2 Å². The maximum atomic E-state index is 12.5. The van der Waals surface area contributed by atoms with Gasteiger partial charge < -0.3 is 9.84 Å². The van der Waals surface area contributed by atoms with Crippen LogP contribution in [0.5, 0.6) is 0 Å². The summed E-state index contributed by atoms with van der Waals surface area (Å²) in [4.78, 5) is 4.97. The van der Waals surface area contributed by atoms with Crippen LogP contribution in [0.15, 0.2) is 48.7 Å². The van der Waals surface area contributed by atoms with Crippen LogP contribution < -0.4 is 4.57 Å². The Morgan fingerprint density at radius 3 is 2.46 bits per heavy atom. The summed E-state index contributed by atoms with van der Waals surface area (Å²) in [5, 5.41) is 15.0. The molecule has 0 radical (unpaired) electrons. The molecule has 4 nitrogen and oxygen atoms in total. The lowest BCUT2D eigenvalue weighted by Crippen LogP contribution is -2.46. The van der Waals surface area contributed by atoms with E-state index in [1.54, 1.807) is 0 Å². The van der Waals surface area contributed by atoms with Crippen LogP contribution in [0.4, 0.5) is 0 Å². The number of rotatable bonds is 6. The van der Waals surface area contributed by atoms with Crippen molar-refractivity contribution in [2.45, 2.75) is 104 Å². The normalized spacial score (nSPS) is 25.6. The summed E-state index contributed by atoms with van der Waals surface area (Å²) in [6, 6.07) is 15.5. The molecule has 7 rings (SSSR count). The summed E-state index contributed by atoms with van der Waals surface area (Å²) in [6.45, 7) is 21.2. The molecule has 41 heavy (non-hydrogen) atoms. The van der Waals surface area contributed by atoms with Crippen molar-refractivity contribution in [3.8, 4) is 11.3 Å². The molecule has 3 aliphatic rings. The van der Waals surface area contributed by atoms with Crippen LogP contribution in [-0.2, 0) is 15.6 Å². The van der Waals surface area contributed by atoms with Gasteiger partial charge in [0.1, 0.15) is 5.92 Å². The minimum Gasteiger partial charge on any atom is -0.360 e. The molecule has 0 spiro atoms. The Balaban J connectivity index is 1.54. The number of aromatic nitrogens is 2. The van der Waals surface area contributed by atoms with Gasteiger partial charge in [-0.1, -0.05) is 93.0 Å². The van der Waals surface area contributed by atoms with Crippen molar-refractivity contribution in [2.24, 2.45) is 11.3 Å². The summed E-state index contributed by atoms with van der Waals surface area (Å²) < 4.78 is 9.22. The number of fused-ring (bicyclic) bond motifs is 5. The van der Waals surface area contributed by atoms with Crippen molar-refractivity contribution >= 4 is 21.8 Å². The highest BCUT2D eigenvalue weighted by molar-refractivity contribution is 6.03. The zero-order chi connectivity index (χ0) is 29.3. The van der Waals surface area contributed by atoms with E-state index in [9.17, 15) is 5.11 Å². The van der Waals surface area contributed by atoms with Crippen molar-refractivity contribution in [3.63, 3.8) is 0 Å². The largest absolute Gasteiger partial charge is 0.360 e. The highest BCUT2D eigenvalue weighted by atomic mass is 16.6. The predicted octanol–water partition coefficient (Wildman–Crippen LogP) is 8.10. The van der Waals surface area contributed by atoms with Crippen LogP contribution in [0.3, 0.4) is 0 Å². The minimum atomic E-state index is -1.28. The Bertz CT molecular complexity index is 1750. The van der Waals surface area contributed by atoms with Gasteiger partial charge in [-0.15, -0.1) is 0 Å². The van der Waals surface area contributed by atoms with Crippen molar-refractivity contribution in [3.05, 3.63) is 70.9 Å². The minimum absolute atomic E-state index is 0.000619. The molecule has 1 fully saturated rings. The Morgan fingerprint density at radius 1 is 1.05 bits per heavy atom. The zero-order valence-corrected chi connectivity index (χ0v) is 26.2. The molecule has 1 N–H and O–H groups in total.